The number of aryl methyl sites for hydroxylation is 1. The van der Waals surface area contributed by atoms with Crippen molar-refractivity contribution in [2.75, 3.05) is 19.6 Å². The second kappa shape index (κ2) is 7.22. The zero-order chi connectivity index (χ0) is 14.8. The van der Waals surface area contributed by atoms with Gasteiger partial charge in [0.1, 0.15) is 10.7 Å². The minimum atomic E-state index is 0. The lowest BCUT2D eigenvalue weighted by molar-refractivity contribution is 0.0650. The maximum absolute atomic E-state index is 12.6. The Labute approximate surface area is 141 Å². The summed E-state index contributed by atoms with van der Waals surface area (Å²) in [6.45, 7) is 6.58. The van der Waals surface area contributed by atoms with Crippen LogP contribution in [-0.2, 0) is 0 Å². The smallest absolute Gasteiger partial charge is 0.273 e. The SMILES string of the molecule is Cc1ccccc1-c1nc(C(=O)N2CCNCC2C)cs1.Cl. The predicted octanol–water partition coefficient (Wildman–Crippen LogP) is 2.97. The van der Waals surface area contributed by atoms with Crippen LogP contribution in [0, 0.1) is 6.92 Å². The monoisotopic (exact) mass is 337 g/mol. The number of hydrogen-bond donors (Lipinski definition) is 1. The first-order chi connectivity index (χ1) is 10.2. The molecule has 0 saturated carbocycles. The first-order valence-corrected chi connectivity index (χ1v) is 8.08. The molecule has 3 rings (SSSR count). The summed E-state index contributed by atoms with van der Waals surface area (Å²) in [5.74, 6) is 0.0417. The van der Waals surface area contributed by atoms with Crippen molar-refractivity contribution in [1.29, 1.82) is 0 Å². The van der Waals surface area contributed by atoms with Crippen molar-refractivity contribution in [2.24, 2.45) is 0 Å². The van der Waals surface area contributed by atoms with E-state index >= 15 is 0 Å². The Hall–Kier alpha value is -1.43. The van der Waals surface area contributed by atoms with Crippen molar-refractivity contribution in [3.8, 4) is 10.6 Å². The Balaban J connectivity index is 0.00000176. The summed E-state index contributed by atoms with van der Waals surface area (Å²) < 4.78 is 0. The van der Waals surface area contributed by atoms with E-state index in [9.17, 15) is 4.79 Å². The molecule has 118 valence electrons. The van der Waals surface area contributed by atoms with Crippen molar-refractivity contribution in [1.82, 2.24) is 15.2 Å². The van der Waals surface area contributed by atoms with E-state index in [1.165, 1.54) is 16.9 Å². The summed E-state index contributed by atoms with van der Waals surface area (Å²) in [7, 11) is 0. The molecular formula is C16H20ClN3OS. The summed E-state index contributed by atoms with van der Waals surface area (Å²) in [4.78, 5) is 19.0. The molecule has 1 atom stereocenters. The van der Waals surface area contributed by atoms with Crippen LogP contribution in [0.15, 0.2) is 29.6 Å². The topological polar surface area (TPSA) is 45.2 Å². The highest BCUT2D eigenvalue weighted by Gasteiger charge is 2.25. The van der Waals surface area contributed by atoms with Gasteiger partial charge in [0.25, 0.3) is 5.91 Å². The van der Waals surface area contributed by atoms with Crippen LogP contribution >= 0.6 is 23.7 Å². The Morgan fingerprint density at radius 3 is 2.91 bits per heavy atom. The molecule has 1 aromatic heterocycles. The van der Waals surface area contributed by atoms with Gasteiger partial charge in [-0.25, -0.2) is 4.98 Å². The molecule has 1 aliphatic rings. The Morgan fingerprint density at radius 1 is 1.41 bits per heavy atom. The van der Waals surface area contributed by atoms with Gasteiger partial charge in [-0.3, -0.25) is 4.79 Å². The molecule has 1 unspecified atom stereocenters. The molecule has 0 radical (unpaired) electrons. The van der Waals surface area contributed by atoms with E-state index in [0.29, 0.717) is 5.69 Å². The number of hydrogen-bond acceptors (Lipinski definition) is 4. The predicted molar refractivity (Wildman–Crippen MR) is 92.9 cm³/mol. The highest BCUT2D eigenvalue weighted by Crippen LogP contribution is 2.27. The highest BCUT2D eigenvalue weighted by atomic mass is 35.5. The van der Waals surface area contributed by atoms with Crippen LogP contribution in [0.4, 0.5) is 0 Å². The summed E-state index contributed by atoms with van der Waals surface area (Å²) in [6, 6.07) is 8.35. The molecule has 6 heteroatoms. The maximum Gasteiger partial charge on any atom is 0.273 e. The lowest BCUT2D eigenvalue weighted by atomic mass is 10.1. The Bertz CT molecular complexity index is 658. The fourth-order valence-electron chi connectivity index (χ4n) is 2.60. The standard InChI is InChI=1S/C16H19N3OS.ClH/c1-11-5-3-4-6-13(11)15-18-14(10-21-15)16(20)19-8-7-17-9-12(19)2;/h3-6,10,12,17H,7-9H2,1-2H3;1H. The summed E-state index contributed by atoms with van der Waals surface area (Å²) >= 11 is 1.54. The molecule has 0 spiro atoms. The van der Waals surface area contributed by atoms with Crippen molar-refractivity contribution < 1.29 is 4.79 Å². The second-order valence-electron chi connectivity index (χ2n) is 5.40. The second-order valence-corrected chi connectivity index (χ2v) is 6.26. The van der Waals surface area contributed by atoms with E-state index in [2.05, 4.69) is 36.3 Å². The number of benzene rings is 1. The number of carbonyl (C=O) groups excluding carboxylic acids is 1. The van der Waals surface area contributed by atoms with Crippen LogP contribution in [0.3, 0.4) is 0 Å². The molecule has 1 fully saturated rings. The molecule has 0 aliphatic carbocycles. The Morgan fingerprint density at radius 2 is 2.18 bits per heavy atom. The summed E-state index contributed by atoms with van der Waals surface area (Å²) in [5.41, 5.74) is 2.85. The van der Waals surface area contributed by atoms with Gasteiger partial charge in [0, 0.05) is 36.6 Å². The molecule has 0 bridgehead atoms. The zero-order valence-electron chi connectivity index (χ0n) is 12.7. The highest BCUT2D eigenvalue weighted by molar-refractivity contribution is 7.13. The van der Waals surface area contributed by atoms with Crippen molar-refractivity contribution in [3.63, 3.8) is 0 Å². The number of carbonyl (C=O) groups is 1. The van der Waals surface area contributed by atoms with Gasteiger partial charge < -0.3 is 10.2 Å². The van der Waals surface area contributed by atoms with E-state index in [1.807, 2.05) is 22.4 Å². The van der Waals surface area contributed by atoms with E-state index in [0.717, 1.165) is 30.2 Å². The van der Waals surface area contributed by atoms with Gasteiger partial charge in [-0.2, -0.15) is 0 Å². The van der Waals surface area contributed by atoms with Gasteiger partial charge in [0.15, 0.2) is 0 Å². The van der Waals surface area contributed by atoms with Crippen LogP contribution < -0.4 is 5.32 Å². The van der Waals surface area contributed by atoms with Crippen molar-refractivity contribution in [3.05, 3.63) is 40.9 Å². The molecule has 1 saturated heterocycles. The van der Waals surface area contributed by atoms with Crippen LogP contribution in [-0.4, -0.2) is 41.5 Å². The first kappa shape index (κ1) is 16.9. The van der Waals surface area contributed by atoms with Gasteiger partial charge >= 0.3 is 0 Å². The van der Waals surface area contributed by atoms with Gasteiger partial charge in [-0.1, -0.05) is 24.3 Å². The molecule has 2 heterocycles. The molecular weight excluding hydrogens is 318 g/mol. The fraction of sp³-hybridized carbons (Fsp3) is 0.375. The third-order valence-corrected chi connectivity index (χ3v) is 4.74. The van der Waals surface area contributed by atoms with Crippen LogP contribution in [0.2, 0.25) is 0 Å². The first-order valence-electron chi connectivity index (χ1n) is 7.20. The van der Waals surface area contributed by atoms with E-state index in [4.69, 9.17) is 0 Å². The van der Waals surface area contributed by atoms with Crippen LogP contribution in [0.1, 0.15) is 23.0 Å². The largest absolute Gasteiger partial charge is 0.332 e. The van der Waals surface area contributed by atoms with E-state index < -0.39 is 0 Å². The molecule has 4 nitrogen and oxygen atoms in total. The number of aromatic nitrogens is 1. The Kier molecular flexibility index (Phi) is 5.56. The van der Waals surface area contributed by atoms with Gasteiger partial charge in [0.05, 0.1) is 0 Å². The van der Waals surface area contributed by atoms with Gasteiger partial charge in [-0.05, 0) is 19.4 Å². The van der Waals surface area contributed by atoms with E-state index in [1.54, 1.807) is 0 Å². The van der Waals surface area contributed by atoms with Gasteiger partial charge in [0.2, 0.25) is 0 Å². The molecule has 1 aliphatic heterocycles. The number of amides is 1. The number of nitrogens with zero attached hydrogens (tertiary/aromatic N) is 2. The van der Waals surface area contributed by atoms with E-state index in [-0.39, 0.29) is 24.4 Å². The number of halogens is 1. The minimum Gasteiger partial charge on any atom is -0.332 e. The quantitative estimate of drug-likeness (QED) is 0.916. The number of nitrogens with one attached hydrogen (secondary N) is 1. The molecule has 1 N–H and O–H groups in total. The molecule has 1 amide bonds. The van der Waals surface area contributed by atoms with Crippen molar-refractivity contribution >= 4 is 29.7 Å². The van der Waals surface area contributed by atoms with Gasteiger partial charge in [-0.15, -0.1) is 23.7 Å². The lowest BCUT2D eigenvalue weighted by Crippen LogP contribution is -2.52. The average Bonchev–Trinajstić information content (AvgIpc) is 2.97. The van der Waals surface area contributed by atoms with Crippen molar-refractivity contribution in [2.45, 2.75) is 19.9 Å². The molecule has 1 aromatic carbocycles. The lowest BCUT2D eigenvalue weighted by Gasteiger charge is -2.33. The maximum atomic E-state index is 12.6. The number of thiazole rings is 1. The molecule has 2 aromatic rings. The minimum absolute atomic E-state index is 0. The third-order valence-electron chi connectivity index (χ3n) is 3.86. The van der Waals surface area contributed by atoms with Crippen LogP contribution in [0.5, 0.6) is 0 Å². The fourth-order valence-corrected chi connectivity index (χ4v) is 3.48. The average molecular weight is 338 g/mol. The summed E-state index contributed by atoms with van der Waals surface area (Å²) in [6.07, 6.45) is 0. The summed E-state index contributed by atoms with van der Waals surface area (Å²) in [5, 5.41) is 6.09. The third kappa shape index (κ3) is 3.32. The normalized spacial score (nSPS) is 17.9. The zero-order valence-corrected chi connectivity index (χ0v) is 14.3. The molecule has 22 heavy (non-hydrogen) atoms. The number of rotatable bonds is 2. The van der Waals surface area contributed by atoms with Crippen LogP contribution in [0.25, 0.3) is 10.6 Å². The number of piperazine rings is 1.